The summed E-state index contributed by atoms with van der Waals surface area (Å²) >= 11 is 0. The van der Waals surface area contributed by atoms with Gasteiger partial charge in [0.05, 0.1) is 5.69 Å². The Bertz CT molecular complexity index is 730. The van der Waals surface area contributed by atoms with Crippen molar-refractivity contribution < 1.29 is 0 Å². The van der Waals surface area contributed by atoms with Crippen molar-refractivity contribution in [3.8, 4) is 11.1 Å². The van der Waals surface area contributed by atoms with Crippen molar-refractivity contribution in [2.45, 2.75) is 13.8 Å². The molecule has 2 aromatic heterocycles. The highest BCUT2D eigenvalue weighted by Gasteiger charge is 2.15. The number of nitrogens with zero attached hydrogens (tertiary/aromatic N) is 3. The Morgan fingerprint density at radius 2 is 1.89 bits per heavy atom. The van der Waals surface area contributed by atoms with Gasteiger partial charge in [-0.2, -0.15) is 9.61 Å². The number of fused-ring (bicyclic) bond motifs is 1. The molecule has 0 unspecified atom stereocenters. The number of aromatic nitrogens is 3. The third-order valence-corrected chi connectivity index (χ3v) is 3.10. The Hall–Kier alpha value is -2.40. The maximum absolute atomic E-state index is 5.54. The first-order valence-electron chi connectivity index (χ1n) is 6.09. The van der Waals surface area contributed by atoms with E-state index in [9.17, 15) is 0 Å². The first kappa shape index (κ1) is 11.7. The van der Waals surface area contributed by atoms with Gasteiger partial charge >= 0.3 is 0 Å². The minimum Gasteiger partial charge on any atom is -0.308 e. The molecule has 3 rings (SSSR count). The topological polar surface area (TPSA) is 68.2 Å². The second-order valence-corrected chi connectivity index (χ2v) is 4.49. The van der Waals surface area contributed by atoms with Gasteiger partial charge in [-0.15, -0.1) is 0 Å². The number of hydrogen-bond acceptors (Lipinski definition) is 4. The van der Waals surface area contributed by atoms with Gasteiger partial charge < -0.3 is 5.43 Å². The molecule has 0 aliphatic rings. The molecule has 0 bridgehead atoms. The van der Waals surface area contributed by atoms with Gasteiger partial charge in [0.1, 0.15) is 5.82 Å². The molecule has 3 N–H and O–H groups in total. The number of nitrogens with two attached hydrogens (primary N) is 1. The quantitative estimate of drug-likeness (QED) is 0.543. The van der Waals surface area contributed by atoms with Crippen molar-refractivity contribution >= 4 is 11.5 Å². The second kappa shape index (κ2) is 4.37. The zero-order valence-electron chi connectivity index (χ0n) is 10.9. The average molecular weight is 253 g/mol. The number of nitrogen functional groups attached to an aromatic ring is 1. The average Bonchev–Trinajstić information content (AvgIpc) is 2.75. The Labute approximate surface area is 111 Å². The highest BCUT2D eigenvalue weighted by atomic mass is 15.4. The van der Waals surface area contributed by atoms with Crippen LogP contribution in [0.2, 0.25) is 0 Å². The Kier molecular flexibility index (Phi) is 2.68. The molecule has 0 saturated heterocycles. The highest BCUT2D eigenvalue weighted by molar-refractivity contribution is 5.80. The van der Waals surface area contributed by atoms with Crippen LogP contribution in [-0.2, 0) is 0 Å². The van der Waals surface area contributed by atoms with Crippen molar-refractivity contribution in [1.82, 2.24) is 14.6 Å². The van der Waals surface area contributed by atoms with Gasteiger partial charge in [0.25, 0.3) is 0 Å². The minimum atomic E-state index is 0.729. The van der Waals surface area contributed by atoms with Crippen LogP contribution in [0.25, 0.3) is 16.8 Å². The van der Waals surface area contributed by atoms with Gasteiger partial charge in [-0.3, -0.25) is 0 Å². The van der Waals surface area contributed by atoms with E-state index in [1.165, 1.54) is 0 Å². The fourth-order valence-electron chi connectivity index (χ4n) is 2.29. The lowest BCUT2D eigenvalue weighted by Crippen LogP contribution is -2.12. The van der Waals surface area contributed by atoms with Crippen molar-refractivity contribution in [2.24, 2.45) is 5.84 Å². The van der Waals surface area contributed by atoms with Crippen LogP contribution in [0.4, 0.5) is 5.82 Å². The number of aryl methyl sites for hydroxylation is 2. The molecule has 0 atom stereocenters. The van der Waals surface area contributed by atoms with Crippen LogP contribution in [0.15, 0.2) is 36.4 Å². The Balaban J connectivity index is 2.37. The molecule has 0 spiro atoms. The lowest BCUT2D eigenvalue weighted by atomic mass is 10.1. The molecule has 0 saturated carbocycles. The van der Waals surface area contributed by atoms with Gasteiger partial charge in [-0.05, 0) is 19.4 Å². The van der Waals surface area contributed by atoms with Gasteiger partial charge in [0.2, 0.25) is 0 Å². The number of rotatable bonds is 2. The molecule has 0 radical (unpaired) electrons. The molecular formula is C14H15N5. The van der Waals surface area contributed by atoms with Crippen LogP contribution in [0.1, 0.15) is 11.4 Å². The van der Waals surface area contributed by atoms with Crippen molar-refractivity contribution in [3.05, 3.63) is 47.8 Å². The van der Waals surface area contributed by atoms with Gasteiger partial charge in [-0.1, -0.05) is 30.3 Å². The molecule has 1 aromatic carbocycles. The first-order chi connectivity index (χ1) is 9.20. The van der Waals surface area contributed by atoms with E-state index in [0.29, 0.717) is 0 Å². The van der Waals surface area contributed by atoms with Crippen LogP contribution in [0, 0.1) is 13.8 Å². The lowest BCUT2D eigenvalue weighted by Gasteiger charge is -2.05. The van der Waals surface area contributed by atoms with Crippen LogP contribution >= 0.6 is 0 Å². The number of nitrogens with one attached hydrogen (secondary N) is 1. The summed E-state index contributed by atoms with van der Waals surface area (Å²) in [5, 5.41) is 4.51. The lowest BCUT2D eigenvalue weighted by molar-refractivity contribution is 0.908. The molecule has 0 aliphatic heterocycles. The van der Waals surface area contributed by atoms with Crippen LogP contribution < -0.4 is 11.3 Å². The molecule has 19 heavy (non-hydrogen) atoms. The largest absolute Gasteiger partial charge is 0.308 e. The fourth-order valence-corrected chi connectivity index (χ4v) is 2.29. The third kappa shape index (κ3) is 1.84. The summed E-state index contributed by atoms with van der Waals surface area (Å²) in [5.41, 5.74) is 7.46. The zero-order valence-corrected chi connectivity index (χ0v) is 10.9. The predicted molar refractivity (Wildman–Crippen MR) is 75.7 cm³/mol. The maximum atomic E-state index is 5.54. The molecule has 0 aliphatic carbocycles. The van der Waals surface area contributed by atoms with E-state index in [1.54, 1.807) is 4.52 Å². The predicted octanol–water partition coefficient (Wildman–Crippen LogP) is 2.30. The standard InChI is InChI=1S/C14H15N5/c1-9-8-12(17-15)19-14(16-9)13(10(2)18-19)11-6-4-3-5-7-11/h3-8,17H,15H2,1-2H3. The molecule has 5 heteroatoms. The van der Waals surface area contributed by atoms with E-state index in [1.807, 2.05) is 38.1 Å². The molecular weight excluding hydrogens is 238 g/mol. The van der Waals surface area contributed by atoms with E-state index in [0.717, 1.165) is 34.0 Å². The molecule has 5 nitrogen and oxygen atoms in total. The molecule has 2 heterocycles. The molecule has 3 aromatic rings. The highest BCUT2D eigenvalue weighted by Crippen LogP contribution is 2.28. The van der Waals surface area contributed by atoms with E-state index < -0.39 is 0 Å². The molecule has 0 fully saturated rings. The third-order valence-electron chi connectivity index (χ3n) is 3.10. The van der Waals surface area contributed by atoms with E-state index in [2.05, 4.69) is 27.6 Å². The number of hydrazine groups is 1. The normalized spacial score (nSPS) is 10.9. The Morgan fingerprint density at radius 3 is 2.58 bits per heavy atom. The Morgan fingerprint density at radius 1 is 1.16 bits per heavy atom. The van der Waals surface area contributed by atoms with E-state index in [-0.39, 0.29) is 0 Å². The summed E-state index contributed by atoms with van der Waals surface area (Å²) in [7, 11) is 0. The summed E-state index contributed by atoms with van der Waals surface area (Å²) in [6.45, 7) is 3.92. The van der Waals surface area contributed by atoms with Crippen LogP contribution in [0.5, 0.6) is 0 Å². The minimum absolute atomic E-state index is 0.729. The number of benzene rings is 1. The van der Waals surface area contributed by atoms with Gasteiger partial charge in [-0.25, -0.2) is 10.8 Å². The summed E-state index contributed by atoms with van der Waals surface area (Å²) in [5.74, 6) is 6.27. The molecule has 0 amide bonds. The van der Waals surface area contributed by atoms with Gasteiger partial charge in [0.15, 0.2) is 5.65 Å². The van der Waals surface area contributed by atoms with Crippen molar-refractivity contribution in [1.29, 1.82) is 0 Å². The fraction of sp³-hybridized carbons (Fsp3) is 0.143. The van der Waals surface area contributed by atoms with E-state index in [4.69, 9.17) is 5.84 Å². The smallest absolute Gasteiger partial charge is 0.165 e. The summed E-state index contributed by atoms with van der Waals surface area (Å²) in [6, 6.07) is 12.0. The van der Waals surface area contributed by atoms with E-state index >= 15 is 0 Å². The second-order valence-electron chi connectivity index (χ2n) is 4.49. The summed E-state index contributed by atoms with van der Waals surface area (Å²) in [6.07, 6.45) is 0. The van der Waals surface area contributed by atoms with Crippen LogP contribution in [-0.4, -0.2) is 14.6 Å². The number of hydrogen-bond donors (Lipinski definition) is 2. The SMILES string of the molecule is Cc1cc(NN)n2nc(C)c(-c3ccccc3)c2n1. The summed E-state index contributed by atoms with van der Waals surface area (Å²) < 4.78 is 1.74. The van der Waals surface area contributed by atoms with Crippen molar-refractivity contribution in [3.63, 3.8) is 0 Å². The molecule has 96 valence electrons. The number of anilines is 1. The van der Waals surface area contributed by atoms with Crippen molar-refractivity contribution in [2.75, 3.05) is 5.43 Å². The zero-order chi connectivity index (χ0) is 13.4. The van der Waals surface area contributed by atoms with Crippen LogP contribution in [0.3, 0.4) is 0 Å². The monoisotopic (exact) mass is 253 g/mol. The van der Waals surface area contributed by atoms with Gasteiger partial charge in [0, 0.05) is 17.3 Å². The summed E-state index contributed by atoms with van der Waals surface area (Å²) in [4.78, 5) is 4.59. The first-order valence-corrected chi connectivity index (χ1v) is 6.09. The maximum Gasteiger partial charge on any atom is 0.165 e.